The van der Waals surface area contributed by atoms with Gasteiger partial charge in [-0.1, -0.05) is 49.0 Å². The van der Waals surface area contributed by atoms with Crippen molar-refractivity contribution in [2.24, 2.45) is 17.8 Å². The number of hydrogen-bond donors (Lipinski definition) is 0. The molecule has 3 atom stereocenters. The summed E-state index contributed by atoms with van der Waals surface area (Å²) in [4.78, 5) is 0. The third-order valence-corrected chi connectivity index (χ3v) is 4.05. The van der Waals surface area contributed by atoms with E-state index in [0.717, 1.165) is 17.8 Å². The predicted octanol–water partition coefficient (Wildman–Crippen LogP) is 3.84. The molecule has 0 bridgehead atoms. The number of rotatable bonds is 2. The van der Waals surface area contributed by atoms with Gasteiger partial charge in [-0.05, 0) is 24.2 Å². The molecule has 1 rings (SSSR count). The topological polar surface area (TPSA) is 0 Å². The van der Waals surface area contributed by atoms with Crippen molar-refractivity contribution < 1.29 is 0 Å². The van der Waals surface area contributed by atoms with Crippen molar-refractivity contribution in [3.8, 4) is 0 Å². The summed E-state index contributed by atoms with van der Waals surface area (Å²) in [5.74, 6) is 2.87. The van der Waals surface area contributed by atoms with Crippen molar-refractivity contribution in [2.75, 3.05) is 5.33 Å². The summed E-state index contributed by atoms with van der Waals surface area (Å²) in [6.45, 7) is 4.77. The maximum Gasteiger partial charge on any atom is 0.00596 e. The van der Waals surface area contributed by atoms with E-state index in [4.69, 9.17) is 0 Å². The highest BCUT2D eigenvalue weighted by atomic mass is 79.9. The Kier molecular flexibility index (Phi) is 3.91. The van der Waals surface area contributed by atoms with Gasteiger partial charge in [0.1, 0.15) is 0 Å². The monoisotopic (exact) mass is 218 g/mol. The second-order valence-corrected chi connectivity index (χ2v) is 4.81. The van der Waals surface area contributed by atoms with Gasteiger partial charge in [0.2, 0.25) is 0 Å². The second kappa shape index (κ2) is 4.49. The van der Waals surface area contributed by atoms with E-state index in [-0.39, 0.29) is 0 Å². The van der Waals surface area contributed by atoms with E-state index >= 15 is 0 Å². The van der Waals surface area contributed by atoms with Crippen LogP contribution in [0.15, 0.2) is 0 Å². The molecule has 0 spiro atoms. The van der Waals surface area contributed by atoms with Crippen molar-refractivity contribution in [2.45, 2.75) is 39.5 Å². The summed E-state index contributed by atoms with van der Waals surface area (Å²) in [5, 5.41) is 1.18. The van der Waals surface area contributed by atoms with Gasteiger partial charge in [0.05, 0.1) is 0 Å². The van der Waals surface area contributed by atoms with Crippen LogP contribution in [0, 0.1) is 17.8 Å². The van der Waals surface area contributed by atoms with E-state index in [1.165, 1.54) is 31.0 Å². The van der Waals surface area contributed by atoms with Crippen LogP contribution in [0.2, 0.25) is 0 Å². The van der Waals surface area contributed by atoms with Crippen LogP contribution in [0.25, 0.3) is 0 Å². The maximum absolute atomic E-state index is 3.57. The zero-order valence-electron chi connectivity index (χ0n) is 7.65. The molecule has 1 saturated carbocycles. The van der Waals surface area contributed by atoms with Crippen molar-refractivity contribution in [3.05, 3.63) is 0 Å². The molecule has 1 heteroatoms. The molecule has 0 aliphatic heterocycles. The quantitative estimate of drug-likeness (QED) is 0.619. The fourth-order valence-corrected chi connectivity index (χ4v) is 2.65. The fraction of sp³-hybridized carbons (Fsp3) is 1.00. The lowest BCUT2D eigenvalue weighted by Gasteiger charge is -2.30. The predicted molar refractivity (Wildman–Crippen MR) is 54.1 cm³/mol. The van der Waals surface area contributed by atoms with E-state index in [9.17, 15) is 0 Å². The van der Waals surface area contributed by atoms with Crippen LogP contribution in [0.4, 0.5) is 0 Å². The van der Waals surface area contributed by atoms with E-state index in [1.807, 2.05) is 0 Å². The van der Waals surface area contributed by atoms with E-state index in [2.05, 4.69) is 29.8 Å². The Balaban J connectivity index is 2.33. The molecule has 0 aromatic carbocycles. The highest BCUT2D eigenvalue weighted by Crippen LogP contribution is 2.33. The third kappa shape index (κ3) is 2.77. The van der Waals surface area contributed by atoms with Gasteiger partial charge < -0.3 is 0 Å². The minimum absolute atomic E-state index is 0.887. The van der Waals surface area contributed by atoms with Crippen LogP contribution in [-0.4, -0.2) is 5.33 Å². The SMILES string of the molecule is CC1CCCC(C(C)CBr)C1. The minimum atomic E-state index is 0.887. The number of alkyl halides is 1. The van der Waals surface area contributed by atoms with E-state index in [1.54, 1.807) is 0 Å². The molecule has 1 fully saturated rings. The average molecular weight is 219 g/mol. The molecule has 11 heavy (non-hydrogen) atoms. The van der Waals surface area contributed by atoms with Gasteiger partial charge in [0, 0.05) is 5.33 Å². The fourth-order valence-electron chi connectivity index (χ4n) is 2.12. The Morgan fingerprint density at radius 1 is 1.45 bits per heavy atom. The Bertz CT molecular complexity index is 111. The summed E-state index contributed by atoms with van der Waals surface area (Å²) < 4.78 is 0. The van der Waals surface area contributed by atoms with Gasteiger partial charge in [0.15, 0.2) is 0 Å². The van der Waals surface area contributed by atoms with Crippen LogP contribution >= 0.6 is 15.9 Å². The van der Waals surface area contributed by atoms with Crippen LogP contribution < -0.4 is 0 Å². The first-order valence-electron chi connectivity index (χ1n) is 4.80. The lowest BCUT2D eigenvalue weighted by molar-refractivity contribution is 0.229. The molecule has 0 aromatic heterocycles. The van der Waals surface area contributed by atoms with Crippen LogP contribution in [0.3, 0.4) is 0 Å². The second-order valence-electron chi connectivity index (χ2n) is 4.16. The van der Waals surface area contributed by atoms with Gasteiger partial charge in [-0.15, -0.1) is 0 Å². The van der Waals surface area contributed by atoms with Gasteiger partial charge in [0.25, 0.3) is 0 Å². The molecular formula is C10H19Br. The first-order chi connectivity index (χ1) is 5.24. The standard InChI is InChI=1S/C10H19Br/c1-8-4-3-5-10(6-8)9(2)7-11/h8-10H,3-7H2,1-2H3. The smallest absolute Gasteiger partial charge is 0.00596 e. The molecule has 1 aliphatic rings. The third-order valence-electron chi connectivity index (χ3n) is 3.03. The summed E-state index contributed by atoms with van der Waals surface area (Å²) in [6, 6.07) is 0. The van der Waals surface area contributed by atoms with Gasteiger partial charge >= 0.3 is 0 Å². The lowest BCUT2D eigenvalue weighted by Crippen LogP contribution is -2.20. The Labute approximate surface area is 78.9 Å². The zero-order valence-corrected chi connectivity index (χ0v) is 9.23. The molecule has 0 aromatic rings. The zero-order chi connectivity index (χ0) is 8.27. The summed E-state index contributed by atoms with van der Waals surface area (Å²) >= 11 is 3.57. The molecule has 0 nitrogen and oxygen atoms in total. The molecule has 0 amide bonds. The molecule has 3 unspecified atom stereocenters. The molecule has 1 aliphatic carbocycles. The van der Waals surface area contributed by atoms with Crippen molar-refractivity contribution in [3.63, 3.8) is 0 Å². The van der Waals surface area contributed by atoms with Crippen LogP contribution in [-0.2, 0) is 0 Å². The largest absolute Gasteiger partial charge is 0.0925 e. The normalized spacial score (nSPS) is 35.2. The Morgan fingerprint density at radius 2 is 2.18 bits per heavy atom. The molecule has 0 heterocycles. The van der Waals surface area contributed by atoms with Crippen molar-refractivity contribution >= 4 is 15.9 Å². The molecule has 66 valence electrons. The number of halogens is 1. The van der Waals surface area contributed by atoms with E-state index < -0.39 is 0 Å². The Morgan fingerprint density at radius 3 is 2.73 bits per heavy atom. The molecular weight excluding hydrogens is 200 g/mol. The summed E-state index contributed by atoms with van der Waals surface area (Å²) in [7, 11) is 0. The van der Waals surface area contributed by atoms with Gasteiger partial charge in [-0.3, -0.25) is 0 Å². The summed E-state index contributed by atoms with van der Waals surface area (Å²) in [6.07, 6.45) is 5.86. The Hall–Kier alpha value is 0.480. The highest BCUT2D eigenvalue weighted by Gasteiger charge is 2.22. The maximum atomic E-state index is 3.57. The van der Waals surface area contributed by atoms with E-state index in [0.29, 0.717) is 0 Å². The lowest BCUT2D eigenvalue weighted by atomic mass is 9.77. The van der Waals surface area contributed by atoms with Crippen LogP contribution in [0.1, 0.15) is 39.5 Å². The minimum Gasteiger partial charge on any atom is -0.0925 e. The first kappa shape index (κ1) is 9.57. The first-order valence-corrected chi connectivity index (χ1v) is 5.92. The van der Waals surface area contributed by atoms with Gasteiger partial charge in [-0.25, -0.2) is 0 Å². The average Bonchev–Trinajstić information content (AvgIpc) is 2.03. The van der Waals surface area contributed by atoms with Crippen molar-refractivity contribution in [1.82, 2.24) is 0 Å². The highest BCUT2D eigenvalue weighted by molar-refractivity contribution is 9.09. The molecule has 0 radical (unpaired) electrons. The van der Waals surface area contributed by atoms with Crippen LogP contribution in [0.5, 0.6) is 0 Å². The number of hydrogen-bond acceptors (Lipinski definition) is 0. The summed E-state index contributed by atoms with van der Waals surface area (Å²) in [5.41, 5.74) is 0. The molecule has 0 N–H and O–H groups in total. The molecule has 0 saturated heterocycles. The van der Waals surface area contributed by atoms with Crippen molar-refractivity contribution in [1.29, 1.82) is 0 Å². The van der Waals surface area contributed by atoms with Gasteiger partial charge in [-0.2, -0.15) is 0 Å².